The van der Waals surface area contributed by atoms with E-state index < -0.39 is 11.5 Å². The molecule has 0 spiro atoms. The number of H-pyrrole nitrogens is 2. The van der Waals surface area contributed by atoms with Gasteiger partial charge in [-0.15, -0.1) is 0 Å². The van der Waals surface area contributed by atoms with Gasteiger partial charge < -0.3 is 15.0 Å². The van der Waals surface area contributed by atoms with Gasteiger partial charge in [-0.2, -0.15) is 5.10 Å². The lowest BCUT2D eigenvalue weighted by atomic mass is 10.1. The van der Waals surface area contributed by atoms with Gasteiger partial charge in [0.25, 0.3) is 11.5 Å². The number of carbonyl (C=O) groups excluding carboxylic acids is 1. The van der Waals surface area contributed by atoms with E-state index in [4.69, 9.17) is 4.74 Å². The van der Waals surface area contributed by atoms with Gasteiger partial charge in [0.2, 0.25) is 0 Å². The Balaban J connectivity index is 1.43. The average molecular weight is 415 g/mol. The molecule has 0 saturated heterocycles. The van der Waals surface area contributed by atoms with Crippen molar-refractivity contribution in [2.75, 3.05) is 7.11 Å². The van der Waals surface area contributed by atoms with E-state index in [0.717, 1.165) is 22.4 Å². The number of nitrogens with zero attached hydrogens (tertiary/aromatic N) is 2. The summed E-state index contributed by atoms with van der Waals surface area (Å²) >= 11 is 0. The molecule has 2 aromatic heterocycles. The average Bonchev–Trinajstić information content (AvgIpc) is 3.26. The van der Waals surface area contributed by atoms with Gasteiger partial charge in [0.15, 0.2) is 5.82 Å². The molecule has 2 aromatic carbocycles. The molecule has 0 aliphatic rings. The van der Waals surface area contributed by atoms with Crippen LogP contribution in [0, 0.1) is 6.92 Å². The number of pyridine rings is 1. The first-order valence-electron chi connectivity index (χ1n) is 9.68. The van der Waals surface area contributed by atoms with Crippen molar-refractivity contribution in [2.45, 2.75) is 13.5 Å². The van der Waals surface area contributed by atoms with E-state index in [1.165, 1.54) is 6.07 Å². The second-order valence-corrected chi connectivity index (χ2v) is 7.00. The van der Waals surface area contributed by atoms with Crippen LogP contribution in [0.15, 0.2) is 65.5 Å². The van der Waals surface area contributed by atoms with E-state index in [0.29, 0.717) is 17.3 Å². The molecule has 4 aromatic rings. The van der Waals surface area contributed by atoms with Crippen LogP contribution in [0.1, 0.15) is 21.7 Å². The van der Waals surface area contributed by atoms with Crippen LogP contribution in [-0.2, 0) is 6.54 Å². The second kappa shape index (κ2) is 8.66. The summed E-state index contributed by atoms with van der Waals surface area (Å²) in [7, 11) is 1.60. The maximum absolute atomic E-state index is 12.5. The summed E-state index contributed by atoms with van der Waals surface area (Å²) in [5.74, 6) is 1.24. The molecule has 0 aliphatic heterocycles. The molecule has 4 rings (SSSR count). The highest BCUT2D eigenvalue weighted by Gasteiger charge is 2.13. The summed E-state index contributed by atoms with van der Waals surface area (Å²) in [5.41, 5.74) is 3.03. The molecule has 0 atom stereocenters. The van der Waals surface area contributed by atoms with Crippen LogP contribution >= 0.6 is 0 Å². The maximum Gasteiger partial charge on any atom is 0.261 e. The lowest BCUT2D eigenvalue weighted by Crippen LogP contribution is -2.29. The number of hydrogen-bond acceptors (Lipinski definition) is 5. The Morgan fingerprint density at radius 1 is 1.06 bits per heavy atom. The van der Waals surface area contributed by atoms with Crippen molar-refractivity contribution in [3.63, 3.8) is 0 Å². The number of amides is 1. The molecule has 0 aliphatic carbocycles. The van der Waals surface area contributed by atoms with Gasteiger partial charge in [-0.3, -0.25) is 14.7 Å². The van der Waals surface area contributed by atoms with Crippen LogP contribution in [0.5, 0.6) is 5.75 Å². The monoisotopic (exact) mass is 415 g/mol. The molecule has 156 valence electrons. The highest BCUT2D eigenvalue weighted by Crippen LogP contribution is 2.19. The fourth-order valence-corrected chi connectivity index (χ4v) is 3.14. The van der Waals surface area contributed by atoms with E-state index in [2.05, 4.69) is 25.5 Å². The number of ether oxygens (including phenoxy) is 1. The fraction of sp³-hybridized carbons (Fsp3) is 0.130. The first-order chi connectivity index (χ1) is 15.0. The van der Waals surface area contributed by atoms with Crippen molar-refractivity contribution >= 4 is 5.91 Å². The highest BCUT2D eigenvalue weighted by atomic mass is 16.5. The molecular formula is C23H21N5O3. The van der Waals surface area contributed by atoms with E-state index in [1.54, 1.807) is 13.2 Å². The molecule has 31 heavy (non-hydrogen) atoms. The summed E-state index contributed by atoms with van der Waals surface area (Å²) in [5, 5.41) is 9.66. The second-order valence-electron chi connectivity index (χ2n) is 7.00. The Labute approximate surface area is 178 Å². The SMILES string of the molecule is COc1ccc(-c2n[nH]c(CNC(=O)c3ccc(-c4cccc(C)c4)[nH]c3=O)n2)cc1. The first kappa shape index (κ1) is 20.1. The third kappa shape index (κ3) is 4.53. The zero-order chi connectivity index (χ0) is 21.8. The minimum absolute atomic E-state index is 0.0336. The van der Waals surface area contributed by atoms with E-state index in [9.17, 15) is 9.59 Å². The van der Waals surface area contributed by atoms with Gasteiger partial charge >= 0.3 is 0 Å². The van der Waals surface area contributed by atoms with Crippen molar-refractivity contribution < 1.29 is 9.53 Å². The number of aromatic amines is 2. The zero-order valence-corrected chi connectivity index (χ0v) is 17.1. The van der Waals surface area contributed by atoms with Gasteiger partial charge in [0.05, 0.1) is 13.7 Å². The number of benzene rings is 2. The number of methoxy groups -OCH3 is 1. The van der Waals surface area contributed by atoms with Crippen LogP contribution in [0.2, 0.25) is 0 Å². The van der Waals surface area contributed by atoms with E-state index >= 15 is 0 Å². The largest absolute Gasteiger partial charge is 0.497 e. The van der Waals surface area contributed by atoms with E-state index in [-0.39, 0.29) is 12.1 Å². The van der Waals surface area contributed by atoms with Crippen molar-refractivity contribution in [3.8, 4) is 28.4 Å². The Bertz CT molecular complexity index is 1270. The van der Waals surface area contributed by atoms with Crippen LogP contribution in [0.25, 0.3) is 22.6 Å². The summed E-state index contributed by atoms with van der Waals surface area (Å²) < 4.78 is 5.14. The quantitative estimate of drug-likeness (QED) is 0.448. The van der Waals surface area contributed by atoms with Crippen LogP contribution in [0.3, 0.4) is 0 Å². The van der Waals surface area contributed by atoms with Gasteiger partial charge in [0, 0.05) is 11.3 Å². The lowest BCUT2D eigenvalue weighted by Gasteiger charge is -2.06. The molecule has 0 saturated carbocycles. The Morgan fingerprint density at radius 3 is 2.58 bits per heavy atom. The predicted molar refractivity (Wildman–Crippen MR) is 117 cm³/mol. The van der Waals surface area contributed by atoms with Gasteiger partial charge in [-0.1, -0.05) is 23.8 Å². The minimum Gasteiger partial charge on any atom is -0.497 e. The number of aromatic nitrogens is 4. The number of nitrogens with one attached hydrogen (secondary N) is 3. The van der Waals surface area contributed by atoms with Crippen molar-refractivity contribution in [1.29, 1.82) is 0 Å². The number of rotatable bonds is 6. The van der Waals surface area contributed by atoms with Gasteiger partial charge in [-0.25, -0.2) is 4.98 Å². The predicted octanol–water partition coefficient (Wildman–Crippen LogP) is 3.07. The molecule has 8 heteroatoms. The Kier molecular flexibility index (Phi) is 5.61. The third-order valence-electron chi connectivity index (χ3n) is 4.78. The standard InChI is InChI=1S/C23H21N5O3/c1-14-4-3-5-16(12-14)19-11-10-18(23(30)25-19)22(29)24-13-20-26-21(28-27-20)15-6-8-17(31-2)9-7-15/h3-12H,13H2,1-2H3,(H,24,29)(H,25,30)(H,26,27,28). The molecular weight excluding hydrogens is 394 g/mol. The molecule has 3 N–H and O–H groups in total. The summed E-state index contributed by atoms with van der Waals surface area (Å²) in [6.07, 6.45) is 0. The third-order valence-corrected chi connectivity index (χ3v) is 4.78. The summed E-state index contributed by atoms with van der Waals surface area (Å²) in [6, 6.07) is 18.3. The molecule has 8 nitrogen and oxygen atoms in total. The number of carbonyl (C=O) groups is 1. The molecule has 2 heterocycles. The molecule has 0 bridgehead atoms. The first-order valence-corrected chi connectivity index (χ1v) is 9.68. The van der Waals surface area contributed by atoms with Crippen molar-refractivity contribution in [3.05, 3.63) is 88.0 Å². The van der Waals surface area contributed by atoms with Gasteiger partial charge in [-0.05, 0) is 55.0 Å². The Hall–Kier alpha value is -4.20. The molecule has 0 unspecified atom stereocenters. The van der Waals surface area contributed by atoms with Crippen LogP contribution in [0.4, 0.5) is 0 Å². The lowest BCUT2D eigenvalue weighted by molar-refractivity contribution is 0.0948. The number of aryl methyl sites for hydroxylation is 1. The normalized spacial score (nSPS) is 10.6. The Morgan fingerprint density at radius 2 is 1.87 bits per heavy atom. The highest BCUT2D eigenvalue weighted by molar-refractivity contribution is 5.94. The van der Waals surface area contributed by atoms with Gasteiger partial charge in [0.1, 0.15) is 17.1 Å². The topological polar surface area (TPSA) is 113 Å². The smallest absolute Gasteiger partial charge is 0.261 e. The van der Waals surface area contributed by atoms with E-state index in [1.807, 2.05) is 55.5 Å². The van der Waals surface area contributed by atoms with Crippen LogP contribution < -0.4 is 15.6 Å². The molecule has 1 amide bonds. The minimum atomic E-state index is -0.487. The summed E-state index contributed by atoms with van der Waals surface area (Å²) in [4.78, 5) is 32.1. The van der Waals surface area contributed by atoms with Crippen LogP contribution in [-0.4, -0.2) is 33.2 Å². The maximum atomic E-state index is 12.5. The van der Waals surface area contributed by atoms with Crippen molar-refractivity contribution in [2.24, 2.45) is 0 Å². The summed E-state index contributed by atoms with van der Waals surface area (Å²) in [6.45, 7) is 2.09. The fourth-order valence-electron chi connectivity index (χ4n) is 3.14. The molecule has 0 fully saturated rings. The number of hydrogen-bond donors (Lipinski definition) is 3. The van der Waals surface area contributed by atoms with Crippen molar-refractivity contribution in [1.82, 2.24) is 25.5 Å². The zero-order valence-electron chi connectivity index (χ0n) is 17.1. The molecule has 0 radical (unpaired) electrons.